The summed E-state index contributed by atoms with van der Waals surface area (Å²) in [6.45, 7) is 7.70. The van der Waals surface area contributed by atoms with Gasteiger partial charge in [-0.15, -0.1) is 0 Å². The number of rotatable bonds is 9. The van der Waals surface area contributed by atoms with Gasteiger partial charge in [0, 0.05) is 30.3 Å². The van der Waals surface area contributed by atoms with E-state index < -0.39 is 11.4 Å². The molecule has 0 bridgehead atoms. The fraction of sp³-hybridized carbons (Fsp3) is 0.323. The monoisotopic (exact) mass is 549 g/mol. The van der Waals surface area contributed by atoms with Crippen LogP contribution in [-0.4, -0.2) is 47.3 Å². The number of halogens is 2. The highest BCUT2D eigenvalue weighted by Crippen LogP contribution is 2.32. The molecule has 0 unspecified atom stereocenters. The topological polar surface area (TPSA) is 77.7 Å². The van der Waals surface area contributed by atoms with Crippen molar-refractivity contribution in [2.24, 2.45) is 0 Å². The zero-order valence-corrected chi connectivity index (χ0v) is 23.5. The van der Waals surface area contributed by atoms with E-state index in [1.807, 2.05) is 24.3 Å². The van der Waals surface area contributed by atoms with Crippen LogP contribution in [0.15, 0.2) is 59.1 Å². The minimum Gasteiger partial charge on any atom is -0.459 e. The van der Waals surface area contributed by atoms with Crippen LogP contribution in [0.1, 0.15) is 37.5 Å². The summed E-state index contributed by atoms with van der Waals surface area (Å²) in [5, 5.41) is 4.04. The van der Waals surface area contributed by atoms with E-state index in [0.29, 0.717) is 28.9 Å². The molecule has 40 heavy (non-hydrogen) atoms. The van der Waals surface area contributed by atoms with Gasteiger partial charge in [-0.25, -0.2) is 8.78 Å². The molecule has 0 N–H and O–H groups in total. The van der Waals surface area contributed by atoms with Gasteiger partial charge in [0.25, 0.3) is 5.89 Å². The van der Waals surface area contributed by atoms with Crippen molar-refractivity contribution in [3.05, 3.63) is 82.9 Å². The summed E-state index contributed by atoms with van der Waals surface area (Å²) in [4.78, 5) is 18.2. The van der Waals surface area contributed by atoms with E-state index in [1.165, 1.54) is 12.1 Å². The largest absolute Gasteiger partial charge is 0.459 e. The molecule has 4 rings (SSSR count). The minimum atomic E-state index is -0.581. The average molecular weight is 550 g/mol. The van der Waals surface area contributed by atoms with Crippen LogP contribution in [0.25, 0.3) is 34.0 Å². The molecule has 0 amide bonds. The van der Waals surface area contributed by atoms with Crippen LogP contribution in [0.4, 0.5) is 8.78 Å². The Morgan fingerprint density at radius 3 is 2.42 bits per heavy atom. The molecular formula is C31H33F2N3O4. The Labute approximate surface area is 232 Å². The SMILES string of the molecule is COCc1cc(-c2nc(-c3ccc(CN(C)CC(=O)OC(C)(C)C)c(F)c3)no2)ccc1-c1cccc(F)c1C. The molecule has 210 valence electrons. The van der Waals surface area contributed by atoms with E-state index in [4.69, 9.17) is 14.0 Å². The van der Waals surface area contributed by atoms with Crippen molar-refractivity contribution in [3.63, 3.8) is 0 Å². The molecule has 0 saturated heterocycles. The number of benzene rings is 3. The van der Waals surface area contributed by atoms with Crippen molar-refractivity contribution >= 4 is 5.97 Å². The molecule has 7 nitrogen and oxygen atoms in total. The van der Waals surface area contributed by atoms with Crippen molar-refractivity contribution in [2.75, 3.05) is 20.7 Å². The fourth-order valence-electron chi connectivity index (χ4n) is 4.38. The first kappa shape index (κ1) is 29.0. The summed E-state index contributed by atoms with van der Waals surface area (Å²) in [7, 11) is 3.31. The molecule has 0 radical (unpaired) electrons. The number of carbonyl (C=O) groups is 1. The highest BCUT2D eigenvalue weighted by atomic mass is 19.1. The van der Waals surface area contributed by atoms with Crippen LogP contribution in [0, 0.1) is 18.6 Å². The van der Waals surface area contributed by atoms with Gasteiger partial charge in [-0.2, -0.15) is 4.98 Å². The third-order valence-electron chi connectivity index (χ3n) is 6.21. The maximum atomic E-state index is 15.0. The third-order valence-corrected chi connectivity index (χ3v) is 6.21. The Bertz CT molecular complexity index is 1510. The number of aromatic nitrogens is 2. The Hall–Kier alpha value is -3.95. The zero-order chi connectivity index (χ0) is 29.0. The third kappa shape index (κ3) is 6.97. The number of likely N-dealkylation sites (N-methyl/N-ethyl adjacent to an activating group) is 1. The Balaban J connectivity index is 1.53. The van der Waals surface area contributed by atoms with Crippen molar-refractivity contribution < 1.29 is 27.6 Å². The molecule has 0 spiro atoms. The van der Waals surface area contributed by atoms with Crippen LogP contribution in [-0.2, 0) is 27.4 Å². The lowest BCUT2D eigenvalue weighted by Crippen LogP contribution is -2.32. The molecule has 9 heteroatoms. The second kappa shape index (κ2) is 12.1. The van der Waals surface area contributed by atoms with Crippen LogP contribution >= 0.6 is 0 Å². The van der Waals surface area contributed by atoms with E-state index in [0.717, 1.165) is 16.7 Å². The van der Waals surface area contributed by atoms with Crippen LogP contribution in [0.5, 0.6) is 0 Å². The molecule has 4 aromatic rings. The second-order valence-corrected chi connectivity index (χ2v) is 10.7. The van der Waals surface area contributed by atoms with Crippen LogP contribution < -0.4 is 0 Å². The lowest BCUT2D eigenvalue weighted by atomic mass is 9.94. The summed E-state index contributed by atoms with van der Waals surface area (Å²) in [5.41, 5.74) is 3.95. The zero-order valence-electron chi connectivity index (χ0n) is 23.5. The van der Waals surface area contributed by atoms with Gasteiger partial charge in [-0.1, -0.05) is 35.5 Å². The molecule has 0 aliphatic heterocycles. The summed E-state index contributed by atoms with van der Waals surface area (Å²) < 4.78 is 45.4. The van der Waals surface area contributed by atoms with Gasteiger partial charge in [-0.3, -0.25) is 9.69 Å². The molecule has 3 aromatic carbocycles. The molecule has 0 aliphatic rings. The van der Waals surface area contributed by atoms with Gasteiger partial charge in [0.15, 0.2) is 0 Å². The van der Waals surface area contributed by atoms with E-state index >= 15 is 0 Å². The Morgan fingerprint density at radius 1 is 0.975 bits per heavy atom. The maximum Gasteiger partial charge on any atom is 0.320 e. The van der Waals surface area contributed by atoms with Crippen LogP contribution in [0.2, 0.25) is 0 Å². The van der Waals surface area contributed by atoms with Gasteiger partial charge in [0.2, 0.25) is 5.82 Å². The fourth-order valence-corrected chi connectivity index (χ4v) is 4.38. The predicted molar refractivity (Wildman–Crippen MR) is 148 cm³/mol. The first-order valence-electron chi connectivity index (χ1n) is 12.9. The first-order valence-corrected chi connectivity index (χ1v) is 12.9. The number of hydrogen-bond donors (Lipinski definition) is 0. The average Bonchev–Trinajstić information content (AvgIpc) is 3.36. The van der Waals surface area contributed by atoms with Crippen LogP contribution in [0.3, 0.4) is 0 Å². The standard InChI is InChI=1S/C31H33F2N3O4/c1-19-24(8-7-9-26(19)32)25-13-12-21(14-23(25)18-38-6)30-34-29(35-40-30)20-10-11-22(27(33)15-20)16-36(5)17-28(37)39-31(2,3)4/h7-15H,16-18H2,1-6H3. The smallest absolute Gasteiger partial charge is 0.320 e. The molecular weight excluding hydrogens is 516 g/mol. The second-order valence-electron chi connectivity index (χ2n) is 10.7. The van der Waals surface area contributed by atoms with Crippen molar-refractivity contribution in [2.45, 2.75) is 46.4 Å². The highest BCUT2D eigenvalue weighted by molar-refractivity contribution is 5.74. The van der Waals surface area contributed by atoms with Crippen molar-refractivity contribution in [3.8, 4) is 34.0 Å². The number of carbonyl (C=O) groups excluding carboxylic acids is 1. The number of hydrogen-bond acceptors (Lipinski definition) is 7. The quantitative estimate of drug-likeness (QED) is 0.218. The van der Waals surface area contributed by atoms with Gasteiger partial charge in [0.1, 0.15) is 17.2 Å². The molecule has 0 aliphatic carbocycles. The van der Waals surface area contributed by atoms with Gasteiger partial charge >= 0.3 is 5.97 Å². The van der Waals surface area contributed by atoms with E-state index in [2.05, 4.69) is 10.1 Å². The van der Waals surface area contributed by atoms with Crippen molar-refractivity contribution in [1.29, 1.82) is 0 Å². The van der Waals surface area contributed by atoms with Gasteiger partial charge in [-0.05, 0) is 81.3 Å². The summed E-state index contributed by atoms with van der Waals surface area (Å²) in [6, 6.07) is 15.2. The summed E-state index contributed by atoms with van der Waals surface area (Å²) in [5.74, 6) is -0.604. The van der Waals surface area contributed by atoms with E-state index in [9.17, 15) is 13.6 Å². The molecule has 0 saturated carbocycles. The number of ether oxygens (including phenoxy) is 2. The molecule has 0 fully saturated rings. The summed E-state index contributed by atoms with van der Waals surface area (Å²) >= 11 is 0. The Morgan fingerprint density at radius 2 is 1.73 bits per heavy atom. The predicted octanol–water partition coefficient (Wildman–Crippen LogP) is 6.58. The minimum absolute atomic E-state index is 0.0370. The number of esters is 1. The van der Waals surface area contributed by atoms with Gasteiger partial charge < -0.3 is 14.0 Å². The molecule has 1 heterocycles. The maximum absolute atomic E-state index is 15.0. The van der Waals surface area contributed by atoms with E-state index in [1.54, 1.807) is 65.0 Å². The highest BCUT2D eigenvalue weighted by Gasteiger charge is 2.19. The molecule has 1 aromatic heterocycles. The van der Waals surface area contributed by atoms with Gasteiger partial charge in [0.05, 0.1) is 13.2 Å². The lowest BCUT2D eigenvalue weighted by molar-refractivity contribution is -0.155. The Kier molecular flexibility index (Phi) is 8.76. The summed E-state index contributed by atoms with van der Waals surface area (Å²) in [6.07, 6.45) is 0. The number of nitrogens with zero attached hydrogens (tertiary/aromatic N) is 3. The van der Waals surface area contributed by atoms with Crippen molar-refractivity contribution in [1.82, 2.24) is 15.0 Å². The lowest BCUT2D eigenvalue weighted by Gasteiger charge is -2.22. The van der Waals surface area contributed by atoms with E-state index in [-0.39, 0.29) is 36.6 Å². The normalized spacial score (nSPS) is 11.7. The molecule has 0 atom stereocenters. The number of methoxy groups -OCH3 is 1. The first-order chi connectivity index (χ1) is 18.9.